The van der Waals surface area contributed by atoms with E-state index >= 15 is 0 Å². The third kappa shape index (κ3) is 4.57. The molecule has 0 radical (unpaired) electrons. The number of benzene rings is 1. The minimum Gasteiger partial charge on any atom is -0.369 e. The maximum Gasteiger partial charge on any atom is 0.225 e. The van der Waals surface area contributed by atoms with E-state index < -0.39 is 0 Å². The van der Waals surface area contributed by atoms with E-state index in [1.165, 1.54) is 0 Å². The number of nitriles is 1. The molecule has 3 N–H and O–H groups in total. The normalized spacial score (nSPS) is 18.4. The van der Waals surface area contributed by atoms with Crippen LogP contribution in [0.1, 0.15) is 24.8 Å². The van der Waals surface area contributed by atoms with Gasteiger partial charge in [0.05, 0.1) is 17.6 Å². The second kappa shape index (κ2) is 7.57. The van der Waals surface area contributed by atoms with Crippen molar-refractivity contribution in [1.29, 1.82) is 5.26 Å². The second-order valence-corrected chi connectivity index (χ2v) is 5.53. The van der Waals surface area contributed by atoms with Gasteiger partial charge in [0, 0.05) is 25.2 Å². The van der Waals surface area contributed by atoms with Crippen molar-refractivity contribution in [2.75, 3.05) is 25.0 Å². The number of amides is 2. The molecule has 0 saturated carbocycles. The summed E-state index contributed by atoms with van der Waals surface area (Å²) in [7, 11) is 0. The monoisotopic (exact) mass is 300 g/mol. The average Bonchev–Trinajstić information content (AvgIpc) is 2.54. The lowest BCUT2D eigenvalue weighted by Gasteiger charge is -2.30. The fourth-order valence-electron chi connectivity index (χ4n) is 2.60. The molecule has 1 aromatic rings. The van der Waals surface area contributed by atoms with Crippen molar-refractivity contribution in [2.24, 2.45) is 11.7 Å². The molecule has 1 aromatic carbocycles. The molecule has 1 unspecified atom stereocenters. The molecule has 0 aliphatic carbocycles. The number of nitrogens with one attached hydrogen (secondary N) is 1. The van der Waals surface area contributed by atoms with Crippen LogP contribution in [0.2, 0.25) is 0 Å². The fraction of sp³-hybridized carbons (Fsp3) is 0.438. The van der Waals surface area contributed by atoms with Crippen LogP contribution in [0.4, 0.5) is 5.69 Å². The van der Waals surface area contributed by atoms with Gasteiger partial charge in [0.2, 0.25) is 11.8 Å². The summed E-state index contributed by atoms with van der Waals surface area (Å²) in [5.74, 6) is -0.437. The predicted molar refractivity (Wildman–Crippen MR) is 82.8 cm³/mol. The van der Waals surface area contributed by atoms with Crippen LogP contribution in [-0.4, -0.2) is 36.3 Å². The van der Waals surface area contributed by atoms with Gasteiger partial charge in [-0.25, -0.2) is 0 Å². The van der Waals surface area contributed by atoms with Gasteiger partial charge in [0.15, 0.2) is 0 Å². The maximum atomic E-state index is 11.9. The van der Waals surface area contributed by atoms with Crippen LogP contribution < -0.4 is 11.1 Å². The van der Waals surface area contributed by atoms with Crippen LogP contribution in [0.3, 0.4) is 0 Å². The summed E-state index contributed by atoms with van der Waals surface area (Å²) in [6.45, 7) is 2.15. The third-order valence-electron chi connectivity index (χ3n) is 3.86. The highest BCUT2D eigenvalue weighted by atomic mass is 16.2. The number of likely N-dealkylation sites (tertiary alicyclic amines) is 1. The quantitative estimate of drug-likeness (QED) is 0.850. The van der Waals surface area contributed by atoms with Crippen molar-refractivity contribution < 1.29 is 9.59 Å². The number of carbonyl (C=O) groups excluding carboxylic acids is 2. The molecule has 6 heteroatoms. The summed E-state index contributed by atoms with van der Waals surface area (Å²) in [6.07, 6.45) is 2.14. The van der Waals surface area contributed by atoms with Crippen molar-refractivity contribution in [3.05, 3.63) is 29.8 Å². The van der Waals surface area contributed by atoms with Crippen molar-refractivity contribution in [2.45, 2.75) is 19.3 Å². The van der Waals surface area contributed by atoms with E-state index in [9.17, 15) is 9.59 Å². The van der Waals surface area contributed by atoms with Gasteiger partial charge >= 0.3 is 0 Å². The molecular weight excluding hydrogens is 280 g/mol. The van der Waals surface area contributed by atoms with Gasteiger partial charge in [0.25, 0.3) is 0 Å². The van der Waals surface area contributed by atoms with Crippen molar-refractivity contribution in [3.8, 4) is 6.07 Å². The Hall–Kier alpha value is -2.39. The van der Waals surface area contributed by atoms with Gasteiger partial charge in [-0.2, -0.15) is 5.26 Å². The molecule has 2 amide bonds. The molecular formula is C16H20N4O2. The Kier molecular flexibility index (Phi) is 5.50. The molecule has 1 saturated heterocycles. The zero-order valence-electron chi connectivity index (χ0n) is 12.4. The Morgan fingerprint density at radius 3 is 2.73 bits per heavy atom. The summed E-state index contributed by atoms with van der Waals surface area (Å²) in [5.41, 5.74) is 6.58. The van der Waals surface area contributed by atoms with Crippen molar-refractivity contribution in [1.82, 2.24) is 4.90 Å². The largest absolute Gasteiger partial charge is 0.369 e. The van der Waals surface area contributed by atoms with E-state index in [0.29, 0.717) is 30.8 Å². The standard InChI is InChI=1S/C16H20N4O2/c17-10-12-3-5-14(6-4-12)19-15(21)7-9-20-8-1-2-13(11-20)16(18)22/h3-6,13H,1-2,7-9,11H2,(H2,18,22)(H,19,21). The predicted octanol–water partition coefficient (Wildman–Crippen LogP) is 1.08. The smallest absolute Gasteiger partial charge is 0.225 e. The first-order valence-corrected chi connectivity index (χ1v) is 7.40. The Morgan fingerprint density at radius 2 is 2.09 bits per heavy atom. The molecule has 1 heterocycles. The molecule has 22 heavy (non-hydrogen) atoms. The van der Waals surface area contributed by atoms with E-state index in [1.807, 2.05) is 6.07 Å². The first-order valence-electron chi connectivity index (χ1n) is 7.40. The van der Waals surface area contributed by atoms with Crippen LogP contribution in [0.15, 0.2) is 24.3 Å². The van der Waals surface area contributed by atoms with Crippen LogP contribution in [-0.2, 0) is 9.59 Å². The molecule has 1 aliphatic rings. The Balaban J connectivity index is 1.77. The van der Waals surface area contributed by atoms with E-state index in [0.717, 1.165) is 19.4 Å². The number of hydrogen-bond acceptors (Lipinski definition) is 4. The number of rotatable bonds is 5. The van der Waals surface area contributed by atoms with E-state index in [2.05, 4.69) is 10.2 Å². The lowest BCUT2D eigenvalue weighted by molar-refractivity contribution is -0.123. The van der Waals surface area contributed by atoms with Crippen molar-refractivity contribution >= 4 is 17.5 Å². The van der Waals surface area contributed by atoms with Crippen molar-refractivity contribution in [3.63, 3.8) is 0 Å². The first-order chi connectivity index (χ1) is 10.6. The van der Waals surface area contributed by atoms with Gasteiger partial charge < -0.3 is 16.0 Å². The molecule has 0 aromatic heterocycles. The lowest BCUT2D eigenvalue weighted by Crippen LogP contribution is -2.42. The summed E-state index contributed by atoms with van der Waals surface area (Å²) < 4.78 is 0. The molecule has 0 spiro atoms. The molecule has 2 rings (SSSR count). The fourth-order valence-corrected chi connectivity index (χ4v) is 2.60. The molecule has 116 valence electrons. The Bertz CT molecular complexity index is 577. The van der Waals surface area contributed by atoms with Gasteiger partial charge in [-0.15, -0.1) is 0 Å². The van der Waals surface area contributed by atoms with Crippen LogP contribution >= 0.6 is 0 Å². The number of anilines is 1. The van der Waals surface area contributed by atoms with Gasteiger partial charge in [-0.1, -0.05) is 0 Å². The number of piperidine rings is 1. The summed E-state index contributed by atoms with van der Waals surface area (Å²) in [6, 6.07) is 8.78. The number of nitrogens with two attached hydrogens (primary N) is 1. The first kappa shape index (κ1) is 16.0. The van der Waals surface area contributed by atoms with Crippen LogP contribution in [0, 0.1) is 17.2 Å². The van der Waals surface area contributed by atoms with E-state index in [1.54, 1.807) is 24.3 Å². The topological polar surface area (TPSA) is 99.2 Å². The van der Waals surface area contributed by atoms with E-state index in [4.69, 9.17) is 11.0 Å². The molecule has 1 aliphatic heterocycles. The minimum absolute atomic E-state index is 0.0779. The third-order valence-corrected chi connectivity index (χ3v) is 3.86. The minimum atomic E-state index is -0.258. The van der Waals surface area contributed by atoms with Crippen LogP contribution in [0.5, 0.6) is 0 Å². The van der Waals surface area contributed by atoms with Gasteiger partial charge in [-0.05, 0) is 43.7 Å². The molecule has 6 nitrogen and oxygen atoms in total. The Labute approximate surface area is 129 Å². The van der Waals surface area contributed by atoms with Gasteiger partial charge in [-0.3, -0.25) is 9.59 Å². The Morgan fingerprint density at radius 1 is 1.36 bits per heavy atom. The number of carbonyl (C=O) groups is 2. The summed E-state index contributed by atoms with van der Waals surface area (Å²) in [5, 5.41) is 11.5. The number of primary amides is 1. The maximum absolute atomic E-state index is 11.9. The highest BCUT2D eigenvalue weighted by Gasteiger charge is 2.23. The average molecular weight is 300 g/mol. The summed E-state index contributed by atoms with van der Waals surface area (Å²) in [4.78, 5) is 25.3. The number of nitrogens with zero attached hydrogens (tertiary/aromatic N) is 2. The molecule has 0 bridgehead atoms. The van der Waals surface area contributed by atoms with Crippen LogP contribution in [0.25, 0.3) is 0 Å². The number of hydrogen-bond donors (Lipinski definition) is 2. The highest BCUT2D eigenvalue weighted by molar-refractivity contribution is 5.90. The second-order valence-electron chi connectivity index (χ2n) is 5.53. The van der Waals surface area contributed by atoms with Gasteiger partial charge in [0.1, 0.15) is 0 Å². The SMILES string of the molecule is N#Cc1ccc(NC(=O)CCN2CCCC(C(N)=O)C2)cc1. The molecule has 1 fully saturated rings. The summed E-state index contributed by atoms with van der Waals surface area (Å²) >= 11 is 0. The zero-order valence-corrected chi connectivity index (χ0v) is 12.4. The lowest BCUT2D eigenvalue weighted by atomic mass is 9.97. The highest BCUT2D eigenvalue weighted by Crippen LogP contribution is 2.16. The van der Waals surface area contributed by atoms with E-state index in [-0.39, 0.29) is 17.7 Å². The zero-order chi connectivity index (χ0) is 15.9. The molecule has 1 atom stereocenters.